The Kier molecular flexibility index (Phi) is 13.2. The molecule has 12 nitrogen and oxygen atoms in total. The van der Waals surface area contributed by atoms with Crippen LogP contribution in [0.3, 0.4) is 0 Å². The van der Waals surface area contributed by atoms with Gasteiger partial charge in [0.05, 0.1) is 21.2 Å². The first kappa shape index (κ1) is 47.0. The number of thiazole rings is 2. The van der Waals surface area contributed by atoms with Gasteiger partial charge in [-0.2, -0.15) is 0 Å². The number of hydrogen-bond donors (Lipinski definition) is 6. The number of nitrogens with two attached hydrogens (primary N) is 4. The Balaban J connectivity index is 1.24. The summed E-state index contributed by atoms with van der Waals surface area (Å²) in [5, 5.41) is 8.69. The molecule has 0 atom stereocenters. The van der Waals surface area contributed by atoms with Crippen molar-refractivity contribution in [3.05, 3.63) is 203 Å². The van der Waals surface area contributed by atoms with Gasteiger partial charge in [0.15, 0.2) is 21.9 Å². The van der Waals surface area contributed by atoms with Crippen LogP contribution in [0, 0.1) is 0 Å². The van der Waals surface area contributed by atoms with Crippen molar-refractivity contribution in [3.63, 3.8) is 0 Å². The lowest BCUT2D eigenvalue weighted by molar-refractivity contribution is 0.596. The number of aromatic nitrogens is 2. The smallest absolute Gasteiger partial charge is 0.210 e. The lowest BCUT2D eigenvalue weighted by atomic mass is 10.0. The molecule has 17 heteroatoms. The van der Waals surface area contributed by atoms with E-state index in [9.17, 15) is 0 Å². The van der Waals surface area contributed by atoms with Crippen LogP contribution in [-0.2, 0) is 9.84 Å². The number of rotatable bonds is 14. The summed E-state index contributed by atoms with van der Waals surface area (Å²) in [6.45, 7) is 0. The summed E-state index contributed by atoms with van der Waals surface area (Å²) in [5.41, 5.74) is 33.7. The predicted molar refractivity (Wildman–Crippen MR) is 302 cm³/mol. The van der Waals surface area contributed by atoms with Crippen LogP contribution in [0.1, 0.15) is 0 Å². The van der Waals surface area contributed by atoms with Gasteiger partial charge in [0.1, 0.15) is 10.0 Å². The molecular weight excluding hydrogens is 1080 g/mol. The van der Waals surface area contributed by atoms with Gasteiger partial charge >= 0.3 is 0 Å². The molecule has 0 aliphatic carbocycles. The molecule has 0 saturated carbocycles. The summed E-state index contributed by atoms with van der Waals surface area (Å²) in [7, 11) is -4.62. The van der Waals surface area contributed by atoms with Gasteiger partial charge in [-0.25, -0.2) is 18.4 Å². The highest BCUT2D eigenvalue weighted by Gasteiger charge is 2.34. The molecule has 2 heterocycles. The van der Waals surface area contributed by atoms with Crippen molar-refractivity contribution in [1.82, 2.24) is 9.97 Å². The summed E-state index contributed by atoms with van der Waals surface area (Å²) < 4.78 is 35.0. The van der Waals surface area contributed by atoms with E-state index in [0.29, 0.717) is 65.5 Å². The first-order valence-electron chi connectivity index (χ1n) is 21.9. The SMILES string of the molecule is Nc1ccc(N(c2ccc(-c3ccc(Br)cc3)cc2S(=O)(=O)c2cc(-c3ccc(Br)cc3)ccc2N(c2ccc(N)cc2)c2sc(Nc3ccccc3)nc2N)c2sc(Nc3ccccc3)nc2N)cc1. The number of hydrogen-bond acceptors (Lipinski definition) is 14. The second-order valence-corrected chi connectivity index (χ2v) is 21.8. The highest BCUT2D eigenvalue weighted by Crippen LogP contribution is 2.51. The van der Waals surface area contributed by atoms with Gasteiger partial charge in [0.25, 0.3) is 0 Å². The number of para-hydroxylation sites is 2. The van der Waals surface area contributed by atoms with Crippen molar-refractivity contribution in [2.24, 2.45) is 0 Å². The molecule has 2 aromatic heterocycles. The van der Waals surface area contributed by atoms with E-state index >= 15 is 8.42 Å². The highest BCUT2D eigenvalue weighted by molar-refractivity contribution is 9.10. The molecule has 0 amide bonds. The minimum Gasteiger partial charge on any atom is -0.399 e. The molecule has 10 N–H and O–H groups in total. The minimum absolute atomic E-state index is 0.0183. The Bertz CT molecular complexity index is 3380. The first-order valence-corrected chi connectivity index (χ1v) is 26.6. The molecule has 0 radical (unpaired) electrons. The van der Waals surface area contributed by atoms with Crippen LogP contribution < -0.4 is 43.4 Å². The second-order valence-electron chi connectivity index (χ2n) is 16.1. The molecule has 71 heavy (non-hydrogen) atoms. The van der Waals surface area contributed by atoms with E-state index in [1.807, 2.05) is 168 Å². The number of anilines is 14. The predicted octanol–water partition coefficient (Wildman–Crippen LogP) is 15.0. The van der Waals surface area contributed by atoms with E-state index < -0.39 is 9.84 Å². The molecule has 0 aliphatic rings. The van der Waals surface area contributed by atoms with E-state index in [-0.39, 0.29) is 21.4 Å². The van der Waals surface area contributed by atoms with Crippen molar-refractivity contribution in [1.29, 1.82) is 0 Å². The quantitative estimate of drug-likeness (QED) is 0.0565. The fraction of sp³-hybridized carbons (Fsp3) is 0. The maximum Gasteiger partial charge on any atom is 0.210 e. The Morgan fingerprint density at radius 2 is 0.789 bits per heavy atom. The lowest BCUT2D eigenvalue weighted by Gasteiger charge is -2.29. The largest absolute Gasteiger partial charge is 0.399 e. The van der Waals surface area contributed by atoms with Gasteiger partial charge in [0.2, 0.25) is 9.84 Å². The van der Waals surface area contributed by atoms with Crippen LogP contribution in [0.5, 0.6) is 0 Å². The second kappa shape index (κ2) is 20.0. The van der Waals surface area contributed by atoms with E-state index in [1.165, 1.54) is 22.7 Å². The molecule has 0 aliphatic heterocycles. The Morgan fingerprint density at radius 1 is 0.437 bits per heavy atom. The van der Waals surface area contributed by atoms with Crippen molar-refractivity contribution in [2.45, 2.75) is 9.79 Å². The Morgan fingerprint density at radius 3 is 1.15 bits per heavy atom. The van der Waals surface area contributed by atoms with Gasteiger partial charge in [-0.05, 0) is 144 Å². The number of nitrogens with one attached hydrogen (secondary N) is 2. The van der Waals surface area contributed by atoms with E-state index in [4.69, 9.17) is 32.9 Å². The zero-order valence-electron chi connectivity index (χ0n) is 37.4. The molecule has 0 bridgehead atoms. The Hall–Kier alpha value is -7.67. The third kappa shape index (κ3) is 10.0. The molecule has 0 saturated heterocycles. The van der Waals surface area contributed by atoms with Gasteiger partial charge in [-0.15, -0.1) is 0 Å². The number of halogens is 2. The summed E-state index contributed by atoms with van der Waals surface area (Å²) in [4.78, 5) is 13.1. The molecule has 10 rings (SSSR count). The lowest BCUT2D eigenvalue weighted by Crippen LogP contribution is -2.18. The summed E-state index contributed by atoms with van der Waals surface area (Å²) in [6, 6.07) is 59.9. The monoisotopic (exact) mass is 1120 g/mol. The van der Waals surface area contributed by atoms with E-state index in [0.717, 1.165) is 31.4 Å². The zero-order valence-corrected chi connectivity index (χ0v) is 43.0. The molecule has 0 fully saturated rings. The highest BCUT2D eigenvalue weighted by atomic mass is 79.9. The average Bonchev–Trinajstić information content (AvgIpc) is 3.93. The molecule has 0 spiro atoms. The zero-order chi connectivity index (χ0) is 49.2. The normalized spacial score (nSPS) is 11.3. The van der Waals surface area contributed by atoms with Crippen LogP contribution in [0.2, 0.25) is 0 Å². The fourth-order valence-corrected chi connectivity index (χ4v) is 12.0. The van der Waals surface area contributed by atoms with Crippen molar-refractivity contribution < 1.29 is 8.42 Å². The molecule has 352 valence electrons. The molecular formula is C54H42Br2N10O2S3. The number of nitrogens with zero attached hydrogens (tertiary/aromatic N) is 4. The summed E-state index contributed by atoms with van der Waals surface area (Å²) >= 11 is 9.69. The topological polar surface area (TPSA) is 195 Å². The number of benzene rings is 8. The van der Waals surface area contributed by atoms with Gasteiger partial charge < -0.3 is 33.6 Å². The van der Waals surface area contributed by atoms with E-state index in [2.05, 4.69) is 42.5 Å². The van der Waals surface area contributed by atoms with Crippen LogP contribution in [-0.4, -0.2) is 18.4 Å². The maximum atomic E-state index is 16.6. The standard InChI is InChI=1S/C54H42Br2N10O2S3/c55-37-17-11-33(12-18-37)35-15-29-45(65(43-25-21-39(57)22-26-43)51-49(59)63-53(69-51)61-41-7-3-1-4-8-41)47(31-35)71(67,68)48-32-36(34-13-19-38(56)20-14-34)16-30-46(48)66(44-27-23-40(58)24-28-44)52-50(60)64-54(70-52)62-42-9-5-2-6-10-42/h1-32H,57-60H2,(H,61,63)(H,62,64). The van der Waals surface area contributed by atoms with Gasteiger partial charge in [-0.1, -0.05) is 127 Å². The van der Waals surface area contributed by atoms with Crippen LogP contribution in [0.25, 0.3) is 22.3 Å². The van der Waals surface area contributed by atoms with E-state index in [1.54, 1.807) is 36.4 Å². The molecule has 0 unspecified atom stereocenters. The van der Waals surface area contributed by atoms with Crippen LogP contribution >= 0.6 is 54.5 Å². The van der Waals surface area contributed by atoms with Gasteiger partial charge in [-0.3, -0.25) is 9.80 Å². The third-order valence-corrected chi connectivity index (χ3v) is 16.2. The minimum atomic E-state index is -4.62. The third-order valence-electron chi connectivity index (χ3n) is 11.4. The first-order chi connectivity index (χ1) is 34.4. The fourth-order valence-electron chi connectivity index (χ4n) is 7.93. The van der Waals surface area contributed by atoms with Crippen molar-refractivity contribution >= 4 is 142 Å². The van der Waals surface area contributed by atoms with Gasteiger partial charge in [0, 0.05) is 43.1 Å². The van der Waals surface area contributed by atoms with Crippen molar-refractivity contribution in [3.8, 4) is 22.3 Å². The van der Waals surface area contributed by atoms with Crippen molar-refractivity contribution in [2.75, 3.05) is 43.4 Å². The Labute approximate surface area is 435 Å². The molecule has 8 aromatic carbocycles. The average molecular weight is 1120 g/mol. The summed E-state index contributed by atoms with van der Waals surface area (Å²) in [6.07, 6.45) is 0. The van der Waals surface area contributed by atoms with Crippen LogP contribution in [0.15, 0.2) is 213 Å². The summed E-state index contributed by atoms with van der Waals surface area (Å²) in [5.74, 6) is 0.359. The number of nitrogen functional groups attached to an aromatic ring is 4. The van der Waals surface area contributed by atoms with Crippen LogP contribution in [0.4, 0.5) is 77.4 Å². The number of sulfone groups is 1. The maximum absolute atomic E-state index is 16.6. The molecule has 10 aromatic rings.